The van der Waals surface area contributed by atoms with Crippen molar-refractivity contribution in [2.24, 2.45) is 0 Å². The lowest BCUT2D eigenvalue weighted by atomic mass is 10.1. The van der Waals surface area contributed by atoms with Crippen molar-refractivity contribution in [3.05, 3.63) is 113 Å². The highest BCUT2D eigenvalue weighted by molar-refractivity contribution is 6.04. The number of nitrogens with zero attached hydrogens (tertiary/aromatic N) is 2. The van der Waals surface area contributed by atoms with Gasteiger partial charge < -0.3 is 10.1 Å². The molecular weight excluding hydrogens is 405 g/mol. The predicted molar refractivity (Wildman–Crippen MR) is 122 cm³/mol. The third kappa shape index (κ3) is 5.60. The fourth-order valence-electron chi connectivity index (χ4n) is 3.33. The topological polar surface area (TPSA) is 56.1 Å². The van der Waals surface area contributed by atoms with E-state index in [1.165, 1.54) is 17.7 Å². The van der Waals surface area contributed by atoms with E-state index in [0.29, 0.717) is 24.4 Å². The summed E-state index contributed by atoms with van der Waals surface area (Å²) in [5, 5.41) is 7.09. The van der Waals surface area contributed by atoms with E-state index < -0.39 is 0 Å². The molecule has 0 unspecified atom stereocenters. The van der Waals surface area contributed by atoms with Gasteiger partial charge in [0, 0.05) is 11.8 Å². The molecule has 4 aromatic rings. The van der Waals surface area contributed by atoms with Crippen molar-refractivity contribution in [1.82, 2.24) is 9.78 Å². The number of aryl methyl sites for hydroxylation is 1. The second kappa shape index (κ2) is 9.92. The van der Waals surface area contributed by atoms with Crippen LogP contribution in [-0.2, 0) is 19.6 Å². The highest BCUT2D eigenvalue weighted by Crippen LogP contribution is 2.16. The number of hydrogen-bond donors (Lipinski definition) is 1. The minimum absolute atomic E-state index is 0.232. The van der Waals surface area contributed by atoms with E-state index in [1.54, 1.807) is 29.2 Å². The van der Waals surface area contributed by atoms with Gasteiger partial charge in [0.25, 0.3) is 5.91 Å². The average molecular weight is 429 g/mol. The number of benzene rings is 3. The fraction of sp³-hybridized carbons (Fsp3) is 0.154. The van der Waals surface area contributed by atoms with Gasteiger partial charge >= 0.3 is 0 Å². The van der Waals surface area contributed by atoms with Crippen molar-refractivity contribution in [3.63, 3.8) is 0 Å². The molecule has 162 valence electrons. The number of hydrogen-bond acceptors (Lipinski definition) is 3. The molecule has 1 amide bonds. The summed E-state index contributed by atoms with van der Waals surface area (Å²) in [7, 11) is 0. The van der Waals surface area contributed by atoms with Crippen LogP contribution in [0.5, 0.6) is 5.75 Å². The lowest BCUT2D eigenvalue weighted by Crippen LogP contribution is -2.12. The molecule has 6 heteroatoms. The fourth-order valence-corrected chi connectivity index (χ4v) is 3.33. The molecule has 0 atom stereocenters. The Kier molecular flexibility index (Phi) is 6.60. The first-order chi connectivity index (χ1) is 15.6. The smallest absolute Gasteiger partial charge is 0.255 e. The Bertz CT molecular complexity index is 1200. The number of ether oxygens (including phenoxy) is 1. The summed E-state index contributed by atoms with van der Waals surface area (Å²) in [6.07, 6.45) is 4.28. The first-order valence-electron chi connectivity index (χ1n) is 10.5. The maximum absolute atomic E-state index is 13.4. The number of carbonyl (C=O) groups excluding carboxylic acids is 1. The lowest BCUT2D eigenvalue weighted by molar-refractivity contribution is 0.102. The van der Waals surface area contributed by atoms with Gasteiger partial charge in [-0.3, -0.25) is 9.48 Å². The Labute approximate surface area is 186 Å². The normalized spacial score (nSPS) is 10.7. The molecule has 0 radical (unpaired) electrons. The molecule has 3 aromatic carbocycles. The zero-order chi connectivity index (χ0) is 22.3. The van der Waals surface area contributed by atoms with Crippen LogP contribution < -0.4 is 10.1 Å². The molecule has 1 N–H and O–H groups in total. The molecule has 0 aliphatic carbocycles. The number of anilines is 1. The van der Waals surface area contributed by atoms with Gasteiger partial charge in [-0.25, -0.2) is 4.39 Å². The lowest BCUT2D eigenvalue weighted by Gasteiger charge is -2.09. The van der Waals surface area contributed by atoms with Crippen molar-refractivity contribution in [3.8, 4) is 5.75 Å². The molecule has 4 rings (SSSR count). The van der Waals surface area contributed by atoms with Crippen molar-refractivity contribution in [2.75, 3.05) is 5.32 Å². The van der Waals surface area contributed by atoms with Gasteiger partial charge in [-0.15, -0.1) is 0 Å². The summed E-state index contributed by atoms with van der Waals surface area (Å²) in [6, 6.07) is 21.7. The number of halogens is 1. The van der Waals surface area contributed by atoms with Crippen molar-refractivity contribution in [2.45, 2.75) is 26.5 Å². The molecule has 0 fully saturated rings. The summed E-state index contributed by atoms with van der Waals surface area (Å²) < 4.78 is 20.8. The largest absolute Gasteiger partial charge is 0.489 e. The van der Waals surface area contributed by atoms with Crippen molar-refractivity contribution >= 4 is 11.6 Å². The van der Waals surface area contributed by atoms with Crippen LogP contribution in [0.4, 0.5) is 10.1 Å². The second-order valence-corrected chi connectivity index (χ2v) is 7.50. The molecule has 5 nitrogen and oxygen atoms in total. The Morgan fingerprint density at radius 3 is 2.56 bits per heavy atom. The van der Waals surface area contributed by atoms with E-state index >= 15 is 0 Å². The summed E-state index contributed by atoms with van der Waals surface area (Å²) in [5.74, 6) is 0.275. The minimum atomic E-state index is -0.287. The molecule has 1 heterocycles. The van der Waals surface area contributed by atoms with Gasteiger partial charge in [-0.1, -0.05) is 43.3 Å². The Morgan fingerprint density at radius 1 is 1.00 bits per heavy atom. The summed E-state index contributed by atoms with van der Waals surface area (Å²) in [4.78, 5) is 12.7. The molecule has 32 heavy (non-hydrogen) atoms. The molecule has 0 aliphatic rings. The van der Waals surface area contributed by atoms with E-state index in [0.717, 1.165) is 23.3 Å². The number of nitrogens with one attached hydrogen (secondary N) is 1. The van der Waals surface area contributed by atoms with Gasteiger partial charge in [0.2, 0.25) is 0 Å². The maximum Gasteiger partial charge on any atom is 0.255 e. The van der Waals surface area contributed by atoms with Crippen LogP contribution in [0.2, 0.25) is 0 Å². The summed E-state index contributed by atoms with van der Waals surface area (Å²) >= 11 is 0. The number of carbonyl (C=O) groups is 1. The first kappa shape index (κ1) is 21.3. The molecular formula is C26H24FN3O2. The SMILES string of the molecule is CCc1ccc(OCc2cccc(C(=O)Nc3cnn(Cc4cccc(F)c4)c3)c2)cc1. The maximum atomic E-state index is 13.4. The quantitative estimate of drug-likeness (QED) is 0.404. The predicted octanol–water partition coefficient (Wildman–Crippen LogP) is 5.46. The average Bonchev–Trinajstić information content (AvgIpc) is 3.24. The van der Waals surface area contributed by atoms with Crippen LogP contribution in [0, 0.1) is 5.82 Å². The molecule has 0 saturated heterocycles. The van der Waals surface area contributed by atoms with Crippen LogP contribution in [0.3, 0.4) is 0 Å². The molecule has 0 aliphatic heterocycles. The van der Waals surface area contributed by atoms with Crippen LogP contribution in [-0.4, -0.2) is 15.7 Å². The van der Waals surface area contributed by atoms with Gasteiger partial charge in [-0.05, 0) is 59.5 Å². The third-order valence-corrected chi connectivity index (χ3v) is 5.05. The van der Waals surface area contributed by atoms with Crippen LogP contribution >= 0.6 is 0 Å². The minimum Gasteiger partial charge on any atom is -0.489 e. The molecule has 0 bridgehead atoms. The Balaban J connectivity index is 1.36. The van der Waals surface area contributed by atoms with Crippen molar-refractivity contribution < 1.29 is 13.9 Å². The highest BCUT2D eigenvalue weighted by atomic mass is 19.1. The zero-order valence-corrected chi connectivity index (χ0v) is 17.8. The van der Waals surface area contributed by atoms with E-state index in [2.05, 4.69) is 17.3 Å². The number of rotatable bonds is 8. The monoisotopic (exact) mass is 429 g/mol. The highest BCUT2D eigenvalue weighted by Gasteiger charge is 2.09. The first-order valence-corrected chi connectivity index (χ1v) is 10.5. The van der Waals surface area contributed by atoms with E-state index in [9.17, 15) is 9.18 Å². The van der Waals surface area contributed by atoms with E-state index in [4.69, 9.17) is 4.74 Å². The van der Waals surface area contributed by atoms with Crippen LogP contribution in [0.25, 0.3) is 0 Å². The van der Waals surface area contributed by atoms with Gasteiger partial charge in [0.05, 0.1) is 18.4 Å². The van der Waals surface area contributed by atoms with Gasteiger partial charge in [0.15, 0.2) is 0 Å². The Morgan fingerprint density at radius 2 is 1.78 bits per heavy atom. The van der Waals surface area contributed by atoms with Gasteiger partial charge in [-0.2, -0.15) is 5.10 Å². The zero-order valence-electron chi connectivity index (χ0n) is 17.8. The summed E-state index contributed by atoms with van der Waals surface area (Å²) in [6.45, 7) is 2.90. The number of amides is 1. The van der Waals surface area contributed by atoms with Gasteiger partial charge in [0.1, 0.15) is 18.2 Å². The molecule has 0 spiro atoms. The van der Waals surface area contributed by atoms with Crippen molar-refractivity contribution in [1.29, 1.82) is 0 Å². The van der Waals surface area contributed by atoms with Crippen LogP contribution in [0.1, 0.15) is 34.0 Å². The number of aromatic nitrogens is 2. The third-order valence-electron chi connectivity index (χ3n) is 5.05. The molecule has 0 saturated carbocycles. The Hall–Kier alpha value is -3.93. The standard InChI is InChI=1S/C26H24FN3O2/c1-2-19-9-11-25(12-10-19)32-18-21-6-3-7-22(13-21)26(31)29-24-15-28-30(17-24)16-20-5-4-8-23(27)14-20/h3-15,17H,2,16,18H2,1H3,(H,29,31). The molecule has 1 aromatic heterocycles. The summed E-state index contributed by atoms with van der Waals surface area (Å²) in [5.41, 5.74) is 4.06. The van der Waals surface area contributed by atoms with E-state index in [1.807, 2.05) is 48.5 Å². The second-order valence-electron chi connectivity index (χ2n) is 7.50. The van der Waals surface area contributed by atoms with Crippen LogP contribution in [0.15, 0.2) is 85.2 Å². The van der Waals surface area contributed by atoms with E-state index in [-0.39, 0.29) is 11.7 Å².